The highest BCUT2D eigenvalue weighted by Crippen LogP contribution is 2.16. The number of hydrogen-bond acceptors (Lipinski definition) is 2. The summed E-state index contributed by atoms with van der Waals surface area (Å²) in [6.07, 6.45) is 0.940. The highest BCUT2D eigenvalue weighted by molar-refractivity contribution is 5.27. The SMILES string of the molecule is COc1ccc(CC(C)NC(C)c2ccc(F)cc2)cc1. The third-order valence-corrected chi connectivity index (χ3v) is 3.61. The molecule has 0 heterocycles. The van der Waals surface area contributed by atoms with Crippen molar-refractivity contribution < 1.29 is 9.13 Å². The summed E-state index contributed by atoms with van der Waals surface area (Å²) in [5.74, 6) is 0.677. The highest BCUT2D eigenvalue weighted by atomic mass is 19.1. The van der Waals surface area contributed by atoms with Crippen molar-refractivity contribution in [1.82, 2.24) is 5.32 Å². The van der Waals surface area contributed by atoms with Crippen molar-refractivity contribution in [2.45, 2.75) is 32.4 Å². The van der Waals surface area contributed by atoms with Crippen LogP contribution in [0.25, 0.3) is 0 Å². The molecule has 0 saturated carbocycles. The molecule has 2 unspecified atom stereocenters. The molecule has 0 spiro atoms. The van der Waals surface area contributed by atoms with Gasteiger partial charge in [0.1, 0.15) is 11.6 Å². The Bertz CT molecular complexity index is 550. The van der Waals surface area contributed by atoms with Gasteiger partial charge in [0, 0.05) is 12.1 Å². The van der Waals surface area contributed by atoms with Gasteiger partial charge in [0.2, 0.25) is 0 Å². The van der Waals surface area contributed by atoms with Crippen molar-refractivity contribution >= 4 is 0 Å². The second-order valence-electron chi connectivity index (χ2n) is 5.39. The van der Waals surface area contributed by atoms with E-state index in [1.807, 2.05) is 24.3 Å². The van der Waals surface area contributed by atoms with Crippen LogP contribution in [0.1, 0.15) is 31.0 Å². The van der Waals surface area contributed by atoms with Gasteiger partial charge in [-0.2, -0.15) is 0 Å². The lowest BCUT2D eigenvalue weighted by Gasteiger charge is -2.20. The molecule has 2 rings (SSSR count). The first-order valence-electron chi connectivity index (χ1n) is 7.23. The summed E-state index contributed by atoms with van der Waals surface area (Å²) in [6.45, 7) is 4.25. The van der Waals surface area contributed by atoms with Crippen LogP contribution in [-0.4, -0.2) is 13.2 Å². The first kappa shape index (κ1) is 15.5. The van der Waals surface area contributed by atoms with Gasteiger partial charge < -0.3 is 10.1 Å². The fraction of sp³-hybridized carbons (Fsp3) is 0.333. The fourth-order valence-electron chi connectivity index (χ4n) is 2.45. The summed E-state index contributed by atoms with van der Waals surface area (Å²) < 4.78 is 18.1. The Hall–Kier alpha value is -1.87. The summed E-state index contributed by atoms with van der Waals surface area (Å²) in [6, 6.07) is 15.3. The molecular formula is C18H22FNO. The minimum Gasteiger partial charge on any atom is -0.497 e. The van der Waals surface area contributed by atoms with Gasteiger partial charge in [0.05, 0.1) is 7.11 Å². The van der Waals surface area contributed by atoms with E-state index in [2.05, 4.69) is 31.3 Å². The summed E-state index contributed by atoms with van der Waals surface area (Å²) in [5.41, 5.74) is 2.36. The maximum Gasteiger partial charge on any atom is 0.123 e. The van der Waals surface area contributed by atoms with Gasteiger partial charge in [0.25, 0.3) is 0 Å². The minimum atomic E-state index is -0.197. The first-order valence-corrected chi connectivity index (χ1v) is 7.23. The average molecular weight is 287 g/mol. The molecule has 0 aliphatic rings. The lowest BCUT2D eigenvalue weighted by atomic mass is 10.0. The molecule has 0 aliphatic heterocycles. The molecule has 2 nitrogen and oxygen atoms in total. The molecule has 0 amide bonds. The van der Waals surface area contributed by atoms with Crippen LogP contribution in [0.2, 0.25) is 0 Å². The summed E-state index contributed by atoms with van der Waals surface area (Å²) >= 11 is 0. The monoisotopic (exact) mass is 287 g/mol. The van der Waals surface area contributed by atoms with E-state index in [1.54, 1.807) is 7.11 Å². The molecule has 0 bridgehead atoms. The Labute approximate surface area is 126 Å². The molecule has 2 aromatic carbocycles. The molecular weight excluding hydrogens is 265 g/mol. The summed E-state index contributed by atoms with van der Waals surface area (Å²) in [7, 11) is 1.67. The van der Waals surface area contributed by atoms with Gasteiger partial charge in [-0.1, -0.05) is 24.3 Å². The van der Waals surface area contributed by atoms with Crippen LogP contribution in [0.4, 0.5) is 4.39 Å². The van der Waals surface area contributed by atoms with E-state index in [9.17, 15) is 4.39 Å². The molecule has 0 fully saturated rings. The van der Waals surface area contributed by atoms with Crippen molar-refractivity contribution in [3.63, 3.8) is 0 Å². The fourth-order valence-corrected chi connectivity index (χ4v) is 2.45. The number of hydrogen-bond donors (Lipinski definition) is 1. The molecule has 3 heteroatoms. The third kappa shape index (κ3) is 4.57. The van der Waals surface area contributed by atoms with E-state index < -0.39 is 0 Å². The van der Waals surface area contributed by atoms with E-state index in [-0.39, 0.29) is 11.9 Å². The van der Waals surface area contributed by atoms with Crippen LogP contribution >= 0.6 is 0 Å². The van der Waals surface area contributed by atoms with Crippen LogP contribution in [0, 0.1) is 5.82 Å². The van der Waals surface area contributed by atoms with Gasteiger partial charge in [-0.15, -0.1) is 0 Å². The van der Waals surface area contributed by atoms with Gasteiger partial charge in [-0.05, 0) is 55.7 Å². The topological polar surface area (TPSA) is 21.3 Å². The molecule has 0 aliphatic carbocycles. The molecule has 2 atom stereocenters. The van der Waals surface area contributed by atoms with Crippen LogP contribution < -0.4 is 10.1 Å². The average Bonchev–Trinajstić information content (AvgIpc) is 2.48. The van der Waals surface area contributed by atoms with E-state index >= 15 is 0 Å². The molecule has 21 heavy (non-hydrogen) atoms. The number of ether oxygens (including phenoxy) is 1. The van der Waals surface area contributed by atoms with Crippen molar-refractivity contribution in [2.75, 3.05) is 7.11 Å². The zero-order valence-corrected chi connectivity index (χ0v) is 12.8. The normalized spacial score (nSPS) is 13.7. The van der Waals surface area contributed by atoms with Crippen LogP contribution in [-0.2, 0) is 6.42 Å². The van der Waals surface area contributed by atoms with Gasteiger partial charge in [0.15, 0.2) is 0 Å². The van der Waals surface area contributed by atoms with Crippen LogP contribution in [0.5, 0.6) is 5.75 Å². The summed E-state index contributed by atoms with van der Waals surface area (Å²) in [4.78, 5) is 0. The Morgan fingerprint density at radius 3 is 2.19 bits per heavy atom. The Morgan fingerprint density at radius 2 is 1.62 bits per heavy atom. The van der Waals surface area contributed by atoms with Gasteiger partial charge >= 0.3 is 0 Å². The highest BCUT2D eigenvalue weighted by Gasteiger charge is 2.10. The largest absolute Gasteiger partial charge is 0.497 e. The number of methoxy groups -OCH3 is 1. The van der Waals surface area contributed by atoms with Crippen LogP contribution in [0.15, 0.2) is 48.5 Å². The molecule has 112 valence electrons. The van der Waals surface area contributed by atoms with E-state index in [0.29, 0.717) is 6.04 Å². The Morgan fingerprint density at radius 1 is 1.00 bits per heavy atom. The molecule has 0 aromatic heterocycles. The lowest BCUT2D eigenvalue weighted by Crippen LogP contribution is -2.30. The van der Waals surface area contributed by atoms with E-state index in [4.69, 9.17) is 4.74 Å². The predicted molar refractivity (Wildman–Crippen MR) is 84.1 cm³/mol. The van der Waals surface area contributed by atoms with E-state index in [0.717, 1.165) is 17.7 Å². The van der Waals surface area contributed by atoms with Crippen molar-refractivity contribution in [3.05, 3.63) is 65.5 Å². The second-order valence-corrected chi connectivity index (χ2v) is 5.39. The predicted octanol–water partition coefficient (Wildman–Crippen LogP) is 4.12. The quantitative estimate of drug-likeness (QED) is 0.863. The number of rotatable bonds is 6. The maximum atomic E-state index is 12.9. The molecule has 2 aromatic rings. The smallest absolute Gasteiger partial charge is 0.123 e. The molecule has 0 radical (unpaired) electrons. The lowest BCUT2D eigenvalue weighted by molar-refractivity contribution is 0.414. The molecule has 0 saturated heterocycles. The van der Waals surface area contributed by atoms with Gasteiger partial charge in [-0.3, -0.25) is 0 Å². The van der Waals surface area contributed by atoms with Gasteiger partial charge in [-0.25, -0.2) is 4.39 Å². The molecule has 1 N–H and O–H groups in total. The third-order valence-electron chi connectivity index (χ3n) is 3.61. The standard InChI is InChI=1S/C18H22FNO/c1-13(12-15-4-10-18(21-3)11-5-15)20-14(2)16-6-8-17(19)9-7-16/h4-11,13-14,20H,12H2,1-3H3. The number of nitrogens with one attached hydrogen (secondary N) is 1. The van der Waals surface area contributed by atoms with Crippen LogP contribution in [0.3, 0.4) is 0 Å². The maximum absolute atomic E-state index is 12.9. The Balaban J connectivity index is 1.91. The Kier molecular flexibility index (Phi) is 5.34. The zero-order chi connectivity index (χ0) is 15.2. The van der Waals surface area contributed by atoms with E-state index in [1.165, 1.54) is 17.7 Å². The minimum absolute atomic E-state index is 0.193. The number of benzene rings is 2. The second kappa shape index (κ2) is 7.23. The number of halogens is 1. The first-order chi connectivity index (χ1) is 10.1. The van der Waals surface area contributed by atoms with Crippen molar-refractivity contribution in [2.24, 2.45) is 0 Å². The zero-order valence-electron chi connectivity index (χ0n) is 12.8. The van der Waals surface area contributed by atoms with Crippen molar-refractivity contribution in [1.29, 1.82) is 0 Å². The van der Waals surface area contributed by atoms with Crippen molar-refractivity contribution in [3.8, 4) is 5.75 Å². The summed E-state index contributed by atoms with van der Waals surface area (Å²) in [5, 5.41) is 3.54.